The minimum Gasteiger partial charge on any atom is -0.381 e. The van der Waals surface area contributed by atoms with Gasteiger partial charge in [-0.1, -0.05) is 13.8 Å². The van der Waals surface area contributed by atoms with Gasteiger partial charge in [-0.25, -0.2) is 0 Å². The summed E-state index contributed by atoms with van der Waals surface area (Å²) in [5.41, 5.74) is 6.40. The summed E-state index contributed by atoms with van der Waals surface area (Å²) >= 11 is 0. The molecule has 0 atom stereocenters. The summed E-state index contributed by atoms with van der Waals surface area (Å²) in [5, 5.41) is 0. The molecule has 15 heavy (non-hydrogen) atoms. The third kappa shape index (κ3) is 4.49. The summed E-state index contributed by atoms with van der Waals surface area (Å²) in [6.45, 7) is 9.52. The van der Waals surface area contributed by atoms with Crippen LogP contribution in [0.2, 0.25) is 0 Å². The van der Waals surface area contributed by atoms with E-state index in [9.17, 15) is 0 Å². The largest absolute Gasteiger partial charge is 0.381 e. The summed E-state index contributed by atoms with van der Waals surface area (Å²) < 4.78 is 5.37. The third-order valence-electron chi connectivity index (χ3n) is 3.11. The highest BCUT2D eigenvalue weighted by Crippen LogP contribution is 2.19. The molecule has 1 rings (SSSR count). The minimum atomic E-state index is 0.00257. The minimum absolute atomic E-state index is 0.00257. The summed E-state index contributed by atoms with van der Waals surface area (Å²) in [6.07, 6.45) is 4.45. The molecule has 1 aliphatic rings. The Bertz CT molecular complexity index is 161. The molecule has 0 aromatic heterocycles. The van der Waals surface area contributed by atoms with Crippen LogP contribution in [0.15, 0.2) is 0 Å². The molecule has 1 aliphatic heterocycles. The number of nitrogens with two attached hydrogens (primary N) is 1. The summed E-state index contributed by atoms with van der Waals surface area (Å²) in [5.74, 6) is 0. The quantitative estimate of drug-likeness (QED) is 0.730. The smallest absolute Gasteiger partial charge is 0.0484 e. The highest BCUT2D eigenvalue weighted by atomic mass is 16.5. The Morgan fingerprint density at radius 1 is 1.13 bits per heavy atom. The molecule has 1 fully saturated rings. The first kappa shape index (κ1) is 12.9. The second-order valence-electron chi connectivity index (χ2n) is 4.75. The lowest BCUT2D eigenvalue weighted by atomic mass is 9.90. The topological polar surface area (TPSA) is 38.5 Å². The Balaban J connectivity index is 2.39. The number of nitrogens with zero attached hydrogens (tertiary/aromatic N) is 1. The van der Waals surface area contributed by atoms with E-state index in [1.165, 1.54) is 25.9 Å². The molecule has 0 saturated carbocycles. The Morgan fingerprint density at radius 2 is 1.67 bits per heavy atom. The molecule has 0 aliphatic carbocycles. The lowest BCUT2D eigenvalue weighted by Crippen LogP contribution is -2.53. The SMILES string of the molecule is CCCN(CCC)CC1(N)CCOCC1. The van der Waals surface area contributed by atoms with Gasteiger partial charge in [0.2, 0.25) is 0 Å². The van der Waals surface area contributed by atoms with Crippen LogP contribution in [-0.2, 0) is 4.74 Å². The molecule has 2 N–H and O–H groups in total. The van der Waals surface area contributed by atoms with Gasteiger partial charge in [0.25, 0.3) is 0 Å². The molecule has 0 amide bonds. The molecular weight excluding hydrogens is 188 g/mol. The Hall–Kier alpha value is -0.120. The molecule has 90 valence electrons. The van der Waals surface area contributed by atoms with Crippen molar-refractivity contribution in [3.05, 3.63) is 0 Å². The zero-order valence-corrected chi connectivity index (χ0v) is 10.3. The predicted octanol–water partition coefficient (Wildman–Crippen LogP) is 1.62. The zero-order chi connectivity index (χ0) is 11.1. The highest BCUT2D eigenvalue weighted by molar-refractivity contribution is 4.89. The number of hydrogen-bond donors (Lipinski definition) is 1. The molecule has 1 saturated heterocycles. The fourth-order valence-corrected chi connectivity index (χ4v) is 2.28. The molecule has 3 nitrogen and oxygen atoms in total. The van der Waals surface area contributed by atoms with E-state index < -0.39 is 0 Å². The third-order valence-corrected chi connectivity index (χ3v) is 3.11. The highest BCUT2D eigenvalue weighted by Gasteiger charge is 2.29. The van der Waals surface area contributed by atoms with Crippen LogP contribution in [0.1, 0.15) is 39.5 Å². The van der Waals surface area contributed by atoms with E-state index in [0.29, 0.717) is 0 Å². The van der Waals surface area contributed by atoms with Gasteiger partial charge in [0.05, 0.1) is 0 Å². The fourth-order valence-electron chi connectivity index (χ4n) is 2.28. The van der Waals surface area contributed by atoms with Crippen LogP contribution in [0.25, 0.3) is 0 Å². The van der Waals surface area contributed by atoms with Gasteiger partial charge in [-0.2, -0.15) is 0 Å². The normalized spacial score (nSPS) is 20.8. The average Bonchev–Trinajstić information content (AvgIpc) is 2.19. The lowest BCUT2D eigenvalue weighted by Gasteiger charge is -2.38. The summed E-state index contributed by atoms with van der Waals surface area (Å²) in [7, 11) is 0. The molecule has 0 aromatic carbocycles. The zero-order valence-electron chi connectivity index (χ0n) is 10.3. The predicted molar refractivity (Wildman–Crippen MR) is 64.0 cm³/mol. The van der Waals surface area contributed by atoms with Gasteiger partial charge in [-0.3, -0.25) is 0 Å². The van der Waals surface area contributed by atoms with Gasteiger partial charge >= 0.3 is 0 Å². The Kier molecular flexibility index (Phi) is 5.58. The van der Waals surface area contributed by atoms with Gasteiger partial charge in [-0.15, -0.1) is 0 Å². The van der Waals surface area contributed by atoms with E-state index >= 15 is 0 Å². The van der Waals surface area contributed by atoms with Crippen molar-refractivity contribution in [2.45, 2.75) is 45.1 Å². The van der Waals surface area contributed by atoms with Crippen LogP contribution in [0.5, 0.6) is 0 Å². The van der Waals surface area contributed by atoms with Crippen LogP contribution in [-0.4, -0.2) is 43.3 Å². The summed E-state index contributed by atoms with van der Waals surface area (Å²) in [4.78, 5) is 2.51. The standard InChI is InChI=1S/C12H26N2O/c1-3-7-14(8-4-2)11-12(13)5-9-15-10-6-12/h3-11,13H2,1-2H3. The van der Waals surface area contributed by atoms with Crippen molar-refractivity contribution in [1.82, 2.24) is 4.90 Å². The Morgan fingerprint density at radius 3 is 2.13 bits per heavy atom. The van der Waals surface area contributed by atoms with Crippen LogP contribution in [0.3, 0.4) is 0 Å². The van der Waals surface area contributed by atoms with Crippen LogP contribution in [0.4, 0.5) is 0 Å². The van der Waals surface area contributed by atoms with E-state index in [0.717, 1.165) is 32.6 Å². The Labute approximate surface area is 94.0 Å². The van der Waals surface area contributed by atoms with Crippen LogP contribution in [0, 0.1) is 0 Å². The van der Waals surface area contributed by atoms with Crippen molar-refractivity contribution >= 4 is 0 Å². The fraction of sp³-hybridized carbons (Fsp3) is 1.00. The van der Waals surface area contributed by atoms with E-state index in [1.54, 1.807) is 0 Å². The number of rotatable bonds is 6. The second kappa shape index (κ2) is 6.46. The van der Waals surface area contributed by atoms with Gasteiger partial charge in [-0.05, 0) is 38.8 Å². The van der Waals surface area contributed by atoms with E-state index in [4.69, 9.17) is 10.5 Å². The summed E-state index contributed by atoms with van der Waals surface area (Å²) in [6, 6.07) is 0. The van der Waals surface area contributed by atoms with Crippen molar-refractivity contribution in [1.29, 1.82) is 0 Å². The first-order valence-corrected chi connectivity index (χ1v) is 6.29. The molecule has 3 heteroatoms. The van der Waals surface area contributed by atoms with Crippen LogP contribution < -0.4 is 5.73 Å². The van der Waals surface area contributed by atoms with Crippen molar-refractivity contribution in [2.24, 2.45) is 5.73 Å². The maximum Gasteiger partial charge on any atom is 0.0484 e. The first-order valence-electron chi connectivity index (χ1n) is 6.29. The molecule has 0 spiro atoms. The van der Waals surface area contributed by atoms with Crippen molar-refractivity contribution < 1.29 is 4.74 Å². The van der Waals surface area contributed by atoms with E-state index in [-0.39, 0.29) is 5.54 Å². The van der Waals surface area contributed by atoms with E-state index in [1.807, 2.05) is 0 Å². The number of ether oxygens (including phenoxy) is 1. The maximum atomic E-state index is 6.40. The molecule has 0 radical (unpaired) electrons. The van der Waals surface area contributed by atoms with Gasteiger partial charge in [0.15, 0.2) is 0 Å². The van der Waals surface area contributed by atoms with Crippen molar-refractivity contribution in [3.8, 4) is 0 Å². The first-order chi connectivity index (χ1) is 7.20. The van der Waals surface area contributed by atoms with Crippen molar-refractivity contribution in [2.75, 3.05) is 32.8 Å². The molecular formula is C12H26N2O. The second-order valence-corrected chi connectivity index (χ2v) is 4.75. The van der Waals surface area contributed by atoms with E-state index in [2.05, 4.69) is 18.7 Å². The maximum absolute atomic E-state index is 6.40. The molecule has 1 heterocycles. The van der Waals surface area contributed by atoms with Crippen LogP contribution >= 0.6 is 0 Å². The average molecular weight is 214 g/mol. The number of hydrogen-bond acceptors (Lipinski definition) is 3. The lowest BCUT2D eigenvalue weighted by molar-refractivity contribution is 0.0376. The van der Waals surface area contributed by atoms with Gasteiger partial charge in [0.1, 0.15) is 0 Å². The molecule has 0 aromatic rings. The molecule has 0 unspecified atom stereocenters. The van der Waals surface area contributed by atoms with Gasteiger partial charge in [0, 0.05) is 25.3 Å². The van der Waals surface area contributed by atoms with Gasteiger partial charge < -0.3 is 15.4 Å². The molecule has 0 bridgehead atoms. The van der Waals surface area contributed by atoms with Crippen molar-refractivity contribution in [3.63, 3.8) is 0 Å². The monoisotopic (exact) mass is 214 g/mol.